The zero-order valence-corrected chi connectivity index (χ0v) is 22.7. The van der Waals surface area contributed by atoms with E-state index in [9.17, 15) is 0 Å². The largest absolute Gasteiger partial charge is 0.456 e. The minimum atomic E-state index is 0.928. The summed E-state index contributed by atoms with van der Waals surface area (Å²) in [6.45, 7) is 4.61. The maximum absolute atomic E-state index is 6.38. The summed E-state index contributed by atoms with van der Waals surface area (Å²) in [5, 5.41) is 2.35. The van der Waals surface area contributed by atoms with Crippen molar-refractivity contribution in [3.63, 3.8) is 0 Å². The molecule has 6 aromatic carbocycles. The molecule has 7 aromatic rings. The van der Waals surface area contributed by atoms with E-state index in [2.05, 4.69) is 129 Å². The minimum Gasteiger partial charge on any atom is -0.456 e. The van der Waals surface area contributed by atoms with Crippen LogP contribution in [-0.4, -0.2) is 0 Å². The molecule has 0 N–H and O–H groups in total. The SMILES string of the molecule is Cc1c(C)c(-c2ccccc2)c2c(c1-c1ccc3oc4ccccc4c3c1-c1ccccc1)Cc1ccccc1-2. The summed E-state index contributed by atoms with van der Waals surface area (Å²) in [6.07, 6.45) is 0.931. The third-order valence-corrected chi connectivity index (χ3v) is 8.76. The molecule has 1 aliphatic carbocycles. The highest BCUT2D eigenvalue weighted by atomic mass is 16.3. The van der Waals surface area contributed by atoms with Crippen molar-refractivity contribution in [2.24, 2.45) is 0 Å². The van der Waals surface area contributed by atoms with E-state index in [1.165, 1.54) is 72.1 Å². The van der Waals surface area contributed by atoms with Crippen molar-refractivity contribution < 1.29 is 4.42 Å². The molecule has 0 saturated carbocycles. The second-order valence-electron chi connectivity index (χ2n) is 10.9. The van der Waals surface area contributed by atoms with Gasteiger partial charge in [0.1, 0.15) is 11.2 Å². The summed E-state index contributed by atoms with van der Waals surface area (Å²) in [5.74, 6) is 0. The lowest BCUT2D eigenvalue weighted by molar-refractivity contribution is 0.669. The Morgan fingerprint density at radius 2 is 1.10 bits per heavy atom. The molecule has 0 fully saturated rings. The molecule has 0 amide bonds. The third-order valence-electron chi connectivity index (χ3n) is 8.76. The van der Waals surface area contributed by atoms with E-state index < -0.39 is 0 Å². The van der Waals surface area contributed by atoms with E-state index >= 15 is 0 Å². The standard InChI is InChI=1S/C39H28O/c1-24-25(2)36(32-23-28-17-9-10-18-29(28)38(32)35(24)26-13-5-3-6-14-26)31-21-22-34-39(30-19-11-12-20-33(30)40-34)37(31)27-15-7-4-8-16-27/h3-22H,23H2,1-2H3. The lowest BCUT2D eigenvalue weighted by Gasteiger charge is -2.23. The molecule has 0 unspecified atom stereocenters. The van der Waals surface area contributed by atoms with Gasteiger partial charge in [-0.25, -0.2) is 0 Å². The average molecular weight is 513 g/mol. The molecule has 1 nitrogen and oxygen atoms in total. The quantitative estimate of drug-likeness (QED) is 0.229. The van der Waals surface area contributed by atoms with Crippen molar-refractivity contribution >= 4 is 21.9 Å². The minimum absolute atomic E-state index is 0.928. The van der Waals surface area contributed by atoms with Crippen molar-refractivity contribution in [2.45, 2.75) is 20.3 Å². The van der Waals surface area contributed by atoms with Gasteiger partial charge in [-0.05, 0) is 99.7 Å². The van der Waals surface area contributed by atoms with Crippen LogP contribution in [0.3, 0.4) is 0 Å². The van der Waals surface area contributed by atoms with Gasteiger partial charge in [-0.15, -0.1) is 0 Å². The number of rotatable bonds is 3. The van der Waals surface area contributed by atoms with Gasteiger partial charge in [-0.2, -0.15) is 0 Å². The van der Waals surface area contributed by atoms with Crippen LogP contribution in [0.15, 0.2) is 126 Å². The molecule has 1 aromatic heterocycles. The van der Waals surface area contributed by atoms with Gasteiger partial charge < -0.3 is 4.42 Å². The summed E-state index contributed by atoms with van der Waals surface area (Å²) in [7, 11) is 0. The van der Waals surface area contributed by atoms with E-state index in [0.29, 0.717) is 0 Å². The first kappa shape index (κ1) is 23.0. The lowest BCUT2D eigenvalue weighted by Crippen LogP contribution is -2.01. The van der Waals surface area contributed by atoms with Crippen molar-refractivity contribution in [1.82, 2.24) is 0 Å². The van der Waals surface area contributed by atoms with Crippen LogP contribution in [0.1, 0.15) is 22.3 Å². The topological polar surface area (TPSA) is 13.1 Å². The van der Waals surface area contributed by atoms with Crippen molar-refractivity contribution in [1.29, 1.82) is 0 Å². The summed E-state index contributed by atoms with van der Waals surface area (Å²) in [5.41, 5.74) is 17.8. The molecule has 0 spiro atoms. The molecule has 1 heterocycles. The molecule has 0 radical (unpaired) electrons. The highest BCUT2D eigenvalue weighted by Crippen LogP contribution is 2.52. The molecule has 40 heavy (non-hydrogen) atoms. The molecular weight excluding hydrogens is 484 g/mol. The van der Waals surface area contributed by atoms with Gasteiger partial charge in [0.25, 0.3) is 0 Å². The third kappa shape index (κ3) is 3.28. The van der Waals surface area contributed by atoms with E-state index in [0.717, 1.165) is 23.0 Å². The number of para-hydroxylation sites is 1. The summed E-state index contributed by atoms with van der Waals surface area (Å²) >= 11 is 0. The molecular formula is C39H28O. The van der Waals surface area contributed by atoms with E-state index in [-0.39, 0.29) is 0 Å². The van der Waals surface area contributed by atoms with Crippen LogP contribution in [0.25, 0.3) is 66.4 Å². The van der Waals surface area contributed by atoms with E-state index in [4.69, 9.17) is 4.42 Å². The van der Waals surface area contributed by atoms with Crippen molar-refractivity contribution in [2.75, 3.05) is 0 Å². The lowest BCUT2D eigenvalue weighted by atomic mass is 9.80. The Labute approximate surface area is 234 Å². The molecule has 1 heteroatoms. The van der Waals surface area contributed by atoms with Gasteiger partial charge in [0.15, 0.2) is 0 Å². The van der Waals surface area contributed by atoms with Gasteiger partial charge >= 0.3 is 0 Å². The van der Waals surface area contributed by atoms with Crippen LogP contribution in [0.2, 0.25) is 0 Å². The fraction of sp³-hybridized carbons (Fsp3) is 0.0769. The highest BCUT2D eigenvalue weighted by molar-refractivity contribution is 6.16. The Morgan fingerprint density at radius 3 is 1.88 bits per heavy atom. The van der Waals surface area contributed by atoms with Gasteiger partial charge in [0, 0.05) is 16.3 Å². The number of fused-ring (bicyclic) bond motifs is 6. The number of hydrogen-bond donors (Lipinski definition) is 0. The van der Waals surface area contributed by atoms with Crippen molar-refractivity contribution in [3.05, 3.63) is 144 Å². The van der Waals surface area contributed by atoms with Crippen LogP contribution >= 0.6 is 0 Å². The monoisotopic (exact) mass is 512 g/mol. The maximum Gasteiger partial charge on any atom is 0.136 e. The second-order valence-corrected chi connectivity index (χ2v) is 10.9. The first-order valence-electron chi connectivity index (χ1n) is 14.0. The Bertz CT molecular complexity index is 2080. The normalized spacial score (nSPS) is 12.2. The number of furan rings is 1. The van der Waals surface area contributed by atoms with Gasteiger partial charge in [-0.1, -0.05) is 103 Å². The Hall–Kier alpha value is -4.88. The second kappa shape index (κ2) is 8.83. The predicted octanol–water partition coefficient (Wildman–Crippen LogP) is 10.8. The zero-order chi connectivity index (χ0) is 26.8. The van der Waals surface area contributed by atoms with E-state index in [1.54, 1.807) is 0 Å². The van der Waals surface area contributed by atoms with Gasteiger partial charge in [-0.3, -0.25) is 0 Å². The Balaban J connectivity index is 1.54. The summed E-state index contributed by atoms with van der Waals surface area (Å²) < 4.78 is 6.38. The van der Waals surface area contributed by atoms with E-state index in [1.807, 2.05) is 6.07 Å². The molecule has 0 aliphatic heterocycles. The number of benzene rings is 6. The maximum atomic E-state index is 6.38. The fourth-order valence-corrected chi connectivity index (χ4v) is 6.91. The molecule has 190 valence electrons. The first-order valence-corrected chi connectivity index (χ1v) is 14.0. The van der Waals surface area contributed by atoms with Crippen LogP contribution in [-0.2, 0) is 6.42 Å². The summed E-state index contributed by atoms with van der Waals surface area (Å²) in [6, 6.07) is 43.6. The Kier molecular flexibility index (Phi) is 5.09. The van der Waals surface area contributed by atoms with Gasteiger partial charge in [0.05, 0.1) is 0 Å². The smallest absolute Gasteiger partial charge is 0.136 e. The molecule has 0 saturated heterocycles. The molecule has 1 aliphatic rings. The van der Waals surface area contributed by atoms with Crippen LogP contribution < -0.4 is 0 Å². The summed E-state index contributed by atoms with van der Waals surface area (Å²) in [4.78, 5) is 0. The number of hydrogen-bond acceptors (Lipinski definition) is 1. The zero-order valence-electron chi connectivity index (χ0n) is 22.7. The van der Waals surface area contributed by atoms with Crippen LogP contribution in [0.4, 0.5) is 0 Å². The molecule has 8 rings (SSSR count). The average Bonchev–Trinajstić information content (AvgIpc) is 3.57. The van der Waals surface area contributed by atoms with Crippen LogP contribution in [0.5, 0.6) is 0 Å². The first-order chi connectivity index (χ1) is 19.7. The van der Waals surface area contributed by atoms with Crippen LogP contribution in [0, 0.1) is 13.8 Å². The predicted molar refractivity (Wildman–Crippen MR) is 168 cm³/mol. The fourth-order valence-electron chi connectivity index (χ4n) is 6.91. The molecule has 0 bridgehead atoms. The van der Waals surface area contributed by atoms with Gasteiger partial charge in [0.2, 0.25) is 0 Å². The Morgan fingerprint density at radius 1 is 0.475 bits per heavy atom. The molecule has 0 atom stereocenters. The van der Waals surface area contributed by atoms with Crippen molar-refractivity contribution in [3.8, 4) is 44.5 Å². The highest BCUT2D eigenvalue weighted by Gasteiger charge is 2.30.